The van der Waals surface area contributed by atoms with Gasteiger partial charge in [0, 0.05) is 31.5 Å². The maximum Gasteiger partial charge on any atom is 0.225 e. The highest BCUT2D eigenvalue weighted by Crippen LogP contribution is 2.27. The normalized spacial score (nSPS) is 19.6. The molecule has 23 heavy (non-hydrogen) atoms. The van der Waals surface area contributed by atoms with Crippen LogP contribution < -0.4 is 10.2 Å². The summed E-state index contributed by atoms with van der Waals surface area (Å²) in [6.45, 7) is 5.80. The number of amides is 1. The van der Waals surface area contributed by atoms with Crippen molar-refractivity contribution in [1.82, 2.24) is 20.1 Å². The first kappa shape index (κ1) is 16.0. The number of anilines is 1. The highest BCUT2D eigenvalue weighted by molar-refractivity contribution is 7.17. The van der Waals surface area contributed by atoms with Crippen LogP contribution >= 0.6 is 11.3 Å². The monoisotopic (exact) mass is 333 g/mol. The molecule has 3 rings (SSSR count). The van der Waals surface area contributed by atoms with E-state index in [2.05, 4.69) is 27.3 Å². The summed E-state index contributed by atoms with van der Waals surface area (Å²) in [5, 5.41) is 13.4. The predicted molar refractivity (Wildman–Crippen MR) is 92.1 cm³/mol. The summed E-state index contributed by atoms with van der Waals surface area (Å²) in [7, 11) is 0. The van der Waals surface area contributed by atoms with Crippen molar-refractivity contribution < 1.29 is 4.79 Å². The van der Waals surface area contributed by atoms with Crippen molar-refractivity contribution in [1.29, 1.82) is 0 Å². The van der Waals surface area contributed by atoms with Crippen LogP contribution in [0, 0.1) is 5.92 Å². The van der Waals surface area contributed by atoms with E-state index in [9.17, 15) is 4.79 Å². The minimum absolute atomic E-state index is 0.0386. The van der Waals surface area contributed by atoms with E-state index in [1.54, 1.807) is 11.3 Å². The largest absolute Gasteiger partial charge is 0.353 e. The van der Waals surface area contributed by atoms with Crippen molar-refractivity contribution in [2.24, 2.45) is 5.92 Å². The second kappa shape index (κ2) is 7.12. The molecular formula is C16H23N5OS. The lowest BCUT2D eigenvalue weighted by Crippen LogP contribution is -2.45. The van der Waals surface area contributed by atoms with Gasteiger partial charge in [-0.1, -0.05) is 18.3 Å². The van der Waals surface area contributed by atoms with Crippen LogP contribution in [0.4, 0.5) is 5.13 Å². The van der Waals surface area contributed by atoms with Crippen molar-refractivity contribution >= 4 is 22.4 Å². The number of piperidine rings is 1. The average Bonchev–Trinajstić information content (AvgIpc) is 3.25. The maximum absolute atomic E-state index is 12.4. The third kappa shape index (κ3) is 3.72. The van der Waals surface area contributed by atoms with Crippen LogP contribution in [0.15, 0.2) is 24.5 Å². The quantitative estimate of drug-likeness (QED) is 0.913. The highest BCUT2D eigenvalue weighted by Gasteiger charge is 2.28. The zero-order valence-electron chi connectivity index (χ0n) is 13.6. The van der Waals surface area contributed by atoms with Crippen molar-refractivity contribution in [3.05, 3.63) is 24.5 Å². The molecule has 6 nitrogen and oxygen atoms in total. The molecule has 0 aromatic carbocycles. The van der Waals surface area contributed by atoms with Crippen LogP contribution in [0.5, 0.6) is 0 Å². The number of hydrogen-bond donors (Lipinski definition) is 1. The number of rotatable bonds is 5. The molecule has 0 aliphatic carbocycles. The Balaban J connectivity index is 1.65. The second-order valence-corrected chi connectivity index (χ2v) is 6.99. The summed E-state index contributed by atoms with van der Waals surface area (Å²) < 4.78 is 1.96. The number of nitrogens with zero attached hydrogens (tertiary/aromatic N) is 4. The number of carbonyl (C=O) groups excluding carboxylic acids is 1. The standard InChI is InChI=1S/C16H23N5OS/c1-3-12(2)17-14(22)13-7-6-10-21(11-13)16-19-18-15(23-16)20-8-4-5-9-20/h4-5,8-9,12-13H,3,6-7,10-11H2,1-2H3,(H,17,22)/t12-,13+/m0/s1. The van der Waals surface area contributed by atoms with Crippen LogP contribution in [-0.4, -0.2) is 39.8 Å². The Hall–Kier alpha value is -1.89. The molecule has 3 heterocycles. The molecular weight excluding hydrogens is 310 g/mol. The van der Waals surface area contributed by atoms with E-state index in [1.807, 2.05) is 36.0 Å². The third-order valence-corrected chi connectivity index (χ3v) is 5.29. The first-order chi connectivity index (χ1) is 11.2. The van der Waals surface area contributed by atoms with Gasteiger partial charge in [0.1, 0.15) is 0 Å². The zero-order chi connectivity index (χ0) is 16.2. The van der Waals surface area contributed by atoms with Crippen LogP contribution in [-0.2, 0) is 4.79 Å². The van der Waals surface area contributed by atoms with E-state index >= 15 is 0 Å². The molecule has 124 valence electrons. The average molecular weight is 333 g/mol. The summed E-state index contributed by atoms with van der Waals surface area (Å²) in [6, 6.07) is 4.17. The topological polar surface area (TPSA) is 63.1 Å². The van der Waals surface area contributed by atoms with Gasteiger partial charge in [-0.2, -0.15) is 0 Å². The number of carbonyl (C=O) groups is 1. The Morgan fingerprint density at radius 2 is 2.13 bits per heavy atom. The smallest absolute Gasteiger partial charge is 0.225 e. The lowest BCUT2D eigenvalue weighted by molar-refractivity contribution is -0.125. The Kier molecular flexibility index (Phi) is 4.95. The van der Waals surface area contributed by atoms with Crippen molar-refractivity contribution in [3.8, 4) is 5.13 Å². The molecule has 0 radical (unpaired) electrons. The van der Waals surface area contributed by atoms with Crippen molar-refractivity contribution in [2.45, 2.75) is 39.2 Å². The number of hydrogen-bond acceptors (Lipinski definition) is 5. The van der Waals surface area contributed by atoms with Gasteiger partial charge in [0.15, 0.2) is 0 Å². The Bertz CT molecular complexity index is 639. The molecule has 7 heteroatoms. The molecule has 2 aromatic heterocycles. The molecule has 2 aromatic rings. The molecule has 1 saturated heterocycles. The van der Waals surface area contributed by atoms with Gasteiger partial charge in [-0.3, -0.25) is 9.36 Å². The van der Waals surface area contributed by atoms with Gasteiger partial charge < -0.3 is 10.2 Å². The van der Waals surface area contributed by atoms with Crippen LogP contribution in [0.1, 0.15) is 33.1 Å². The minimum atomic E-state index is 0.0386. The first-order valence-corrected chi connectivity index (χ1v) is 9.01. The van der Waals surface area contributed by atoms with Gasteiger partial charge in [0.2, 0.25) is 16.2 Å². The molecule has 2 atom stereocenters. The van der Waals surface area contributed by atoms with Crippen LogP contribution in [0.3, 0.4) is 0 Å². The fourth-order valence-electron chi connectivity index (χ4n) is 2.73. The molecule has 1 fully saturated rings. The Labute approximate surface area is 140 Å². The lowest BCUT2D eigenvalue weighted by Gasteiger charge is -2.32. The second-order valence-electron chi connectivity index (χ2n) is 6.06. The summed E-state index contributed by atoms with van der Waals surface area (Å²) in [4.78, 5) is 14.6. The molecule has 1 amide bonds. The zero-order valence-corrected chi connectivity index (χ0v) is 14.4. The van der Waals surface area contributed by atoms with E-state index in [1.165, 1.54) is 0 Å². The Morgan fingerprint density at radius 1 is 1.39 bits per heavy atom. The molecule has 0 bridgehead atoms. The SMILES string of the molecule is CC[C@H](C)NC(=O)[C@@H]1CCCN(c2nnc(-n3cccc3)s2)C1. The van der Waals surface area contributed by atoms with Crippen molar-refractivity contribution in [2.75, 3.05) is 18.0 Å². The molecule has 1 aliphatic heterocycles. The van der Waals surface area contributed by atoms with E-state index in [0.717, 1.165) is 42.6 Å². The summed E-state index contributed by atoms with van der Waals surface area (Å²) >= 11 is 1.56. The maximum atomic E-state index is 12.4. The molecule has 0 saturated carbocycles. The van der Waals surface area contributed by atoms with Gasteiger partial charge in [-0.25, -0.2) is 0 Å². The fraction of sp³-hybridized carbons (Fsp3) is 0.562. The fourth-order valence-corrected chi connectivity index (χ4v) is 3.58. The van der Waals surface area contributed by atoms with Gasteiger partial charge in [0.25, 0.3) is 0 Å². The van der Waals surface area contributed by atoms with E-state index in [4.69, 9.17) is 0 Å². The third-order valence-electron chi connectivity index (χ3n) is 4.29. The lowest BCUT2D eigenvalue weighted by atomic mass is 9.97. The van der Waals surface area contributed by atoms with Gasteiger partial charge in [-0.05, 0) is 38.3 Å². The summed E-state index contributed by atoms with van der Waals surface area (Å²) in [5.41, 5.74) is 0. The van der Waals surface area contributed by atoms with Gasteiger partial charge in [0.05, 0.1) is 5.92 Å². The van der Waals surface area contributed by atoms with Gasteiger partial charge in [-0.15, -0.1) is 10.2 Å². The van der Waals surface area contributed by atoms with E-state index < -0.39 is 0 Å². The molecule has 0 unspecified atom stereocenters. The first-order valence-electron chi connectivity index (χ1n) is 8.19. The van der Waals surface area contributed by atoms with Gasteiger partial charge >= 0.3 is 0 Å². The number of aromatic nitrogens is 3. The Morgan fingerprint density at radius 3 is 2.87 bits per heavy atom. The van der Waals surface area contributed by atoms with Crippen LogP contribution in [0.25, 0.3) is 5.13 Å². The molecule has 1 aliphatic rings. The summed E-state index contributed by atoms with van der Waals surface area (Å²) in [6.07, 6.45) is 6.84. The molecule has 0 spiro atoms. The summed E-state index contributed by atoms with van der Waals surface area (Å²) in [5.74, 6) is 0.205. The van der Waals surface area contributed by atoms with Crippen molar-refractivity contribution in [3.63, 3.8) is 0 Å². The van der Waals surface area contributed by atoms with E-state index in [0.29, 0.717) is 0 Å². The van der Waals surface area contributed by atoms with Crippen LogP contribution in [0.2, 0.25) is 0 Å². The highest BCUT2D eigenvalue weighted by atomic mass is 32.1. The number of nitrogens with one attached hydrogen (secondary N) is 1. The minimum Gasteiger partial charge on any atom is -0.353 e. The molecule has 1 N–H and O–H groups in total. The predicted octanol–water partition coefficient (Wildman–Crippen LogP) is 2.46. The van der Waals surface area contributed by atoms with E-state index in [-0.39, 0.29) is 17.9 Å².